The minimum atomic E-state index is -2.75. The lowest BCUT2D eigenvalue weighted by Crippen LogP contribution is -2.56. The second-order valence-corrected chi connectivity index (χ2v) is 12.3. The molecule has 1 aliphatic rings. The molecule has 1 aliphatic carbocycles. The Labute approximate surface area is 137 Å². The minimum absolute atomic E-state index is 0.0860. The Hall–Kier alpha value is 0.194. The molecule has 0 amide bonds. The molecule has 8 heteroatoms. The van der Waals surface area contributed by atoms with Crippen LogP contribution < -0.4 is 0 Å². The van der Waals surface area contributed by atoms with E-state index < -0.39 is 17.6 Å². The SMILES string of the molecule is CO[Si](CCC1([Si](OC)(OC)OC)CCCCC1)(OC)OC. The molecule has 22 heavy (non-hydrogen) atoms. The molecular formula is C14H32O6Si2. The molecule has 0 spiro atoms. The molecule has 0 N–H and O–H groups in total. The molecule has 0 atom stereocenters. The second-order valence-electron chi connectivity index (χ2n) is 5.80. The maximum Gasteiger partial charge on any atom is 0.506 e. The van der Waals surface area contributed by atoms with E-state index in [9.17, 15) is 0 Å². The first kappa shape index (κ1) is 20.2. The Bertz CT molecular complexity index is 298. The lowest BCUT2D eigenvalue weighted by Gasteiger charge is -2.46. The summed E-state index contributed by atoms with van der Waals surface area (Å²) in [6.45, 7) is 0. The van der Waals surface area contributed by atoms with Gasteiger partial charge in [0.1, 0.15) is 0 Å². The van der Waals surface area contributed by atoms with Crippen LogP contribution in [-0.2, 0) is 26.6 Å². The van der Waals surface area contributed by atoms with Crippen molar-refractivity contribution in [1.29, 1.82) is 0 Å². The Morgan fingerprint density at radius 3 is 1.50 bits per heavy atom. The quantitative estimate of drug-likeness (QED) is 0.564. The van der Waals surface area contributed by atoms with E-state index in [-0.39, 0.29) is 5.04 Å². The summed E-state index contributed by atoms with van der Waals surface area (Å²) in [5.41, 5.74) is 0. The van der Waals surface area contributed by atoms with Crippen molar-refractivity contribution in [2.75, 3.05) is 42.7 Å². The maximum absolute atomic E-state index is 5.83. The molecule has 0 bridgehead atoms. The molecular weight excluding hydrogens is 320 g/mol. The summed E-state index contributed by atoms with van der Waals surface area (Å²) in [6.07, 6.45) is 6.58. The molecule has 1 rings (SSSR count). The highest BCUT2D eigenvalue weighted by molar-refractivity contribution is 6.65. The monoisotopic (exact) mass is 352 g/mol. The molecule has 0 aromatic carbocycles. The van der Waals surface area contributed by atoms with E-state index in [0.29, 0.717) is 0 Å². The van der Waals surface area contributed by atoms with E-state index in [2.05, 4.69) is 0 Å². The van der Waals surface area contributed by atoms with Gasteiger partial charge in [-0.2, -0.15) is 0 Å². The van der Waals surface area contributed by atoms with Gasteiger partial charge in [-0.25, -0.2) is 0 Å². The van der Waals surface area contributed by atoms with Gasteiger partial charge < -0.3 is 26.6 Å². The van der Waals surface area contributed by atoms with Crippen LogP contribution in [0.4, 0.5) is 0 Å². The highest BCUT2D eigenvalue weighted by Crippen LogP contribution is 2.55. The summed E-state index contributed by atoms with van der Waals surface area (Å²) in [5.74, 6) is 0. The largest absolute Gasteiger partial charge is 0.506 e. The van der Waals surface area contributed by atoms with Crippen molar-refractivity contribution in [3.05, 3.63) is 0 Å². The molecule has 0 aromatic rings. The van der Waals surface area contributed by atoms with Crippen molar-refractivity contribution in [1.82, 2.24) is 0 Å². The third-order valence-electron chi connectivity index (χ3n) is 5.11. The fraction of sp³-hybridized carbons (Fsp3) is 1.00. The van der Waals surface area contributed by atoms with Gasteiger partial charge in [0, 0.05) is 53.7 Å². The van der Waals surface area contributed by atoms with Gasteiger partial charge in [-0.3, -0.25) is 0 Å². The van der Waals surface area contributed by atoms with Gasteiger partial charge in [0.15, 0.2) is 0 Å². The zero-order valence-electron chi connectivity index (χ0n) is 14.9. The zero-order valence-corrected chi connectivity index (χ0v) is 16.9. The molecule has 1 fully saturated rings. The smallest absolute Gasteiger partial charge is 0.377 e. The van der Waals surface area contributed by atoms with E-state index in [1.807, 2.05) is 0 Å². The summed E-state index contributed by atoms with van der Waals surface area (Å²) in [6, 6.07) is 0.737. The lowest BCUT2D eigenvalue weighted by molar-refractivity contribution is 0.0701. The molecule has 6 nitrogen and oxygen atoms in total. The van der Waals surface area contributed by atoms with Gasteiger partial charge in [-0.1, -0.05) is 19.3 Å². The molecule has 0 unspecified atom stereocenters. The highest BCUT2D eigenvalue weighted by Gasteiger charge is 2.60. The average Bonchev–Trinajstić information content (AvgIpc) is 2.59. The van der Waals surface area contributed by atoms with Gasteiger partial charge in [0.25, 0.3) is 0 Å². The zero-order chi connectivity index (χ0) is 16.7. The predicted octanol–water partition coefficient (Wildman–Crippen LogP) is 2.84. The first-order valence-electron chi connectivity index (χ1n) is 7.84. The van der Waals surface area contributed by atoms with Gasteiger partial charge >= 0.3 is 17.6 Å². The van der Waals surface area contributed by atoms with E-state index in [1.54, 1.807) is 42.7 Å². The topological polar surface area (TPSA) is 55.4 Å². The number of rotatable bonds is 10. The van der Waals surface area contributed by atoms with Gasteiger partial charge in [0.2, 0.25) is 0 Å². The maximum atomic E-state index is 5.83. The van der Waals surface area contributed by atoms with Gasteiger partial charge in [-0.05, 0) is 19.3 Å². The lowest BCUT2D eigenvalue weighted by atomic mass is 9.86. The van der Waals surface area contributed by atoms with E-state index >= 15 is 0 Å². The van der Waals surface area contributed by atoms with Crippen molar-refractivity contribution < 1.29 is 26.6 Å². The molecule has 0 aliphatic heterocycles. The van der Waals surface area contributed by atoms with Crippen molar-refractivity contribution >= 4 is 17.6 Å². The van der Waals surface area contributed by atoms with Crippen molar-refractivity contribution in [3.8, 4) is 0 Å². The summed E-state index contributed by atoms with van der Waals surface area (Å²) >= 11 is 0. The van der Waals surface area contributed by atoms with Crippen LogP contribution in [0.2, 0.25) is 11.1 Å². The van der Waals surface area contributed by atoms with Crippen LogP contribution in [-0.4, -0.2) is 60.3 Å². The fourth-order valence-corrected chi connectivity index (χ4v) is 9.13. The number of hydrogen-bond acceptors (Lipinski definition) is 6. The first-order chi connectivity index (χ1) is 10.5. The van der Waals surface area contributed by atoms with E-state index in [4.69, 9.17) is 26.6 Å². The van der Waals surface area contributed by atoms with Crippen molar-refractivity contribution in [2.24, 2.45) is 0 Å². The summed E-state index contributed by atoms with van der Waals surface area (Å²) in [4.78, 5) is 0. The molecule has 0 aromatic heterocycles. The third-order valence-corrected chi connectivity index (χ3v) is 11.5. The summed E-state index contributed by atoms with van der Waals surface area (Å²) in [5, 5.41) is -0.0860. The van der Waals surface area contributed by atoms with Crippen molar-refractivity contribution in [2.45, 2.75) is 49.6 Å². The fourth-order valence-electron chi connectivity index (χ4n) is 3.79. The Morgan fingerprint density at radius 1 is 0.682 bits per heavy atom. The molecule has 0 saturated heterocycles. The molecule has 1 saturated carbocycles. The third kappa shape index (κ3) is 3.81. The van der Waals surface area contributed by atoms with Crippen LogP contribution in [0.15, 0.2) is 0 Å². The predicted molar refractivity (Wildman–Crippen MR) is 88.8 cm³/mol. The normalized spacial score (nSPS) is 19.4. The Kier molecular flexibility index (Phi) is 8.17. The van der Waals surface area contributed by atoms with E-state index in [1.165, 1.54) is 19.3 Å². The van der Waals surface area contributed by atoms with Crippen molar-refractivity contribution in [3.63, 3.8) is 0 Å². The van der Waals surface area contributed by atoms with Crippen LogP contribution in [0.25, 0.3) is 0 Å². The Balaban J connectivity index is 3.02. The molecule has 0 heterocycles. The second kappa shape index (κ2) is 8.88. The first-order valence-corrected chi connectivity index (χ1v) is 11.5. The standard InChI is InChI=1S/C14H32O6Si2/c1-15-21(16-2,17-3)13-12-14(10-8-7-9-11-14)22(18-4,19-5)20-6/h7-13H2,1-6H3. The van der Waals surface area contributed by atoms with Gasteiger partial charge in [-0.15, -0.1) is 0 Å². The summed E-state index contributed by atoms with van der Waals surface area (Å²) < 4.78 is 34.2. The minimum Gasteiger partial charge on any atom is -0.377 e. The van der Waals surface area contributed by atoms with Crippen LogP contribution in [0.5, 0.6) is 0 Å². The van der Waals surface area contributed by atoms with Crippen LogP contribution in [0.1, 0.15) is 38.5 Å². The molecule has 132 valence electrons. The highest BCUT2D eigenvalue weighted by atomic mass is 28.4. The van der Waals surface area contributed by atoms with Crippen LogP contribution in [0, 0.1) is 0 Å². The molecule has 0 radical (unpaired) electrons. The summed E-state index contributed by atoms with van der Waals surface area (Å²) in [7, 11) is 4.69. The number of hydrogen-bond donors (Lipinski definition) is 0. The van der Waals surface area contributed by atoms with Crippen LogP contribution in [0.3, 0.4) is 0 Å². The van der Waals surface area contributed by atoms with Gasteiger partial charge in [0.05, 0.1) is 0 Å². The average molecular weight is 353 g/mol. The Morgan fingerprint density at radius 2 is 1.14 bits per heavy atom. The van der Waals surface area contributed by atoms with E-state index in [0.717, 1.165) is 25.3 Å². The van der Waals surface area contributed by atoms with Crippen LogP contribution >= 0.6 is 0 Å².